The van der Waals surface area contributed by atoms with Gasteiger partial charge in [-0.25, -0.2) is 4.98 Å². The Morgan fingerprint density at radius 1 is 1.60 bits per heavy atom. The molecule has 1 rings (SSSR count). The van der Waals surface area contributed by atoms with E-state index in [1.165, 1.54) is 0 Å². The molecule has 6 heteroatoms. The molecule has 5 nitrogen and oxygen atoms in total. The van der Waals surface area contributed by atoms with Crippen LogP contribution in [0, 0.1) is 0 Å². The number of carbonyl (C=O) groups excluding carboxylic acids is 1. The molecule has 1 unspecified atom stereocenters. The third-order valence-corrected chi connectivity index (χ3v) is 2.46. The Kier molecular flexibility index (Phi) is 4.23. The fourth-order valence-corrected chi connectivity index (χ4v) is 1.37. The van der Waals surface area contributed by atoms with Crippen molar-refractivity contribution in [2.75, 3.05) is 24.3 Å². The summed E-state index contributed by atoms with van der Waals surface area (Å²) < 4.78 is 10.7. The minimum absolute atomic E-state index is 0.275. The Bertz CT molecular complexity index is 381. The molecule has 0 aromatic carbocycles. The van der Waals surface area contributed by atoms with Gasteiger partial charge in [0.15, 0.2) is 0 Å². The number of aromatic nitrogens is 1. The lowest BCUT2D eigenvalue weighted by atomic mass is 10.3. The molecule has 0 radical (unpaired) electrons. The molecule has 3 N–H and O–H groups in total. The summed E-state index contributed by atoms with van der Waals surface area (Å²) in [6.07, 6.45) is 1.59. The molecule has 15 heavy (non-hydrogen) atoms. The number of nitrogens with zero attached hydrogens (tertiary/aromatic N) is 1. The van der Waals surface area contributed by atoms with Crippen molar-refractivity contribution in [3.8, 4) is 0 Å². The van der Waals surface area contributed by atoms with E-state index in [9.17, 15) is 9.00 Å². The van der Waals surface area contributed by atoms with E-state index < -0.39 is 10.8 Å². The standard InChI is InChI=1S/C9H13N3O2S/c1-15(14)6-5-11-9(13)7-3-2-4-8(10)12-7/h2-4H,5-6H2,1H3,(H2,10,12)(H,11,13). The smallest absolute Gasteiger partial charge is 0.269 e. The second kappa shape index (κ2) is 5.45. The third-order valence-electron chi connectivity index (χ3n) is 1.68. The predicted molar refractivity (Wildman–Crippen MR) is 59.9 cm³/mol. The quantitative estimate of drug-likeness (QED) is 0.744. The zero-order valence-electron chi connectivity index (χ0n) is 8.40. The predicted octanol–water partition coefficient (Wildman–Crippen LogP) is -0.228. The third kappa shape index (κ3) is 4.07. The molecule has 0 saturated heterocycles. The van der Waals surface area contributed by atoms with E-state index in [0.717, 1.165) is 0 Å². The highest BCUT2D eigenvalue weighted by atomic mass is 32.2. The van der Waals surface area contributed by atoms with E-state index in [-0.39, 0.29) is 11.6 Å². The summed E-state index contributed by atoms with van der Waals surface area (Å²) in [5, 5.41) is 2.61. The topological polar surface area (TPSA) is 85.1 Å². The molecule has 1 heterocycles. The lowest BCUT2D eigenvalue weighted by Crippen LogP contribution is -2.28. The fourth-order valence-electron chi connectivity index (χ4n) is 0.977. The molecule has 1 aromatic heterocycles. The van der Waals surface area contributed by atoms with Gasteiger partial charge in [-0.15, -0.1) is 0 Å². The summed E-state index contributed by atoms with van der Waals surface area (Å²) >= 11 is 0. The maximum Gasteiger partial charge on any atom is 0.269 e. The number of rotatable bonds is 4. The Hall–Kier alpha value is -1.43. The van der Waals surface area contributed by atoms with E-state index >= 15 is 0 Å². The molecule has 0 aliphatic rings. The van der Waals surface area contributed by atoms with Gasteiger partial charge >= 0.3 is 0 Å². The number of nitrogens with two attached hydrogens (primary N) is 1. The maximum absolute atomic E-state index is 11.5. The lowest BCUT2D eigenvalue weighted by Gasteiger charge is -2.03. The van der Waals surface area contributed by atoms with Crippen LogP contribution in [0.5, 0.6) is 0 Å². The van der Waals surface area contributed by atoms with Gasteiger partial charge in [-0.2, -0.15) is 0 Å². The van der Waals surface area contributed by atoms with Crippen molar-refractivity contribution in [1.29, 1.82) is 0 Å². The highest BCUT2D eigenvalue weighted by molar-refractivity contribution is 7.84. The van der Waals surface area contributed by atoms with Crippen molar-refractivity contribution in [3.05, 3.63) is 23.9 Å². The molecule has 1 amide bonds. The Balaban J connectivity index is 2.50. The van der Waals surface area contributed by atoms with Gasteiger partial charge in [-0.05, 0) is 12.1 Å². The average molecular weight is 227 g/mol. The van der Waals surface area contributed by atoms with Gasteiger partial charge < -0.3 is 11.1 Å². The monoisotopic (exact) mass is 227 g/mol. The van der Waals surface area contributed by atoms with Crippen LogP contribution in [0.1, 0.15) is 10.5 Å². The normalized spacial score (nSPS) is 12.1. The summed E-state index contributed by atoms with van der Waals surface area (Å²) in [7, 11) is -0.903. The molecule has 0 aliphatic heterocycles. The van der Waals surface area contributed by atoms with Crippen LogP contribution in [0.4, 0.5) is 5.82 Å². The Morgan fingerprint density at radius 2 is 2.33 bits per heavy atom. The van der Waals surface area contributed by atoms with Crippen LogP contribution < -0.4 is 11.1 Å². The van der Waals surface area contributed by atoms with Gasteiger partial charge in [-0.3, -0.25) is 9.00 Å². The number of amides is 1. The molecular weight excluding hydrogens is 214 g/mol. The van der Waals surface area contributed by atoms with Crippen molar-refractivity contribution in [2.24, 2.45) is 0 Å². The van der Waals surface area contributed by atoms with E-state index in [4.69, 9.17) is 5.73 Å². The van der Waals surface area contributed by atoms with Gasteiger partial charge in [0.05, 0.1) is 0 Å². The second-order valence-electron chi connectivity index (χ2n) is 2.98. The molecule has 0 aliphatic carbocycles. The van der Waals surface area contributed by atoms with Gasteiger partial charge in [0.2, 0.25) is 0 Å². The number of nitrogen functional groups attached to an aromatic ring is 1. The van der Waals surface area contributed by atoms with E-state index in [2.05, 4.69) is 10.3 Å². The highest BCUT2D eigenvalue weighted by Gasteiger charge is 2.06. The van der Waals surface area contributed by atoms with Crippen LogP contribution >= 0.6 is 0 Å². The van der Waals surface area contributed by atoms with Gasteiger partial charge in [-0.1, -0.05) is 6.07 Å². The zero-order chi connectivity index (χ0) is 11.3. The van der Waals surface area contributed by atoms with E-state index in [1.54, 1.807) is 24.5 Å². The minimum atomic E-state index is -0.903. The summed E-state index contributed by atoms with van der Waals surface area (Å²) in [6.45, 7) is 0.373. The number of hydrogen-bond donors (Lipinski definition) is 2. The largest absolute Gasteiger partial charge is 0.384 e. The summed E-state index contributed by atoms with van der Waals surface area (Å²) in [6, 6.07) is 4.85. The van der Waals surface area contributed by atoms with Gasteiger partial charge in [0.1, 0.15) is 11.5 Å². The van der Waals surface area contributed by atoms with Crippen LogP contribution in [0.2, 0.25) is 0 Å². The molecule has 1 atom stereocenters. The van der Waals surface area contributed by atoms with E-state index in [0.29, 0.717) is 18.1 Å². The van der Waals surface area contributed by atoms with Crippen molar-refractivity contribution in [3.63, 3.8) is 0 Å². The molecule has 0 fully saturated rings. The molecule has 0 bridgehead atoms. The Labute approximate surface area is 90.5 Å². The first-order chi connectivity index (χ1) is 7.09. The first kappa shape index (κ1) is 11.6. The molecule has 0 saturated carbocycles. The average Bonchev–Trinajstić information content (AvgIpc) is 2.17. The molecule has 1 aromatic rings. The fraction of sp³-hybridized carbons (Fsp3) is 0.333. The maximum atomic E-state index is 11.5. The van der Waals surface area contributed by atoms with Crippen molar-refractivity contribution in [1.82, 2.24) is 10.3 Å². The number of nitrogens with one attached hydrogen (secondary N) is 1. The molecule has 82 valence electrons. The Morgan fingerprint density at radius 3 is 2.93 bits per heavy atom. The van der Waals surface area contributed by atoms with Crippen molar-refractivity contribution >= 4 is 22.5 Å². The second-order valence-corrected chi connectivity index (χ2v) is 4.54. The number of anilines is 1. The minimum Gasteiger partial charge on any atom is -0.384 e. The SMILES string of the molecule is CS(=O)CCNC(=O)c1cccc(N)n1. The highest BCUT2D eigenvalue weighted by Crippen LogP contribution is 1.99. The van der Waals surface area contributed by atoms with Crippen molar-refractivity contribution in [2.45, 2.75) is 0 Å². The van der Waals surface area contributed by atoms with Crippen molar-refractivity contribution < 1.29 is 9.00 Å². The molecule has 0 spiro atoms. The van der Waals surface area contributed by atoms with Gasteiger partial charge in [0.25, 0.3) is 5.91 Å². The van der Waals surface area contributed by atoms with Crippen LogP contribution in [0.15, 0.2) is 18.2 Å². The number of pyridine rings is 1. The first-order valence-electron chi connectivity index (χ1n) is 4.40. The van der Waals surface area contributed by atoms with Crippen LogP contribution in [0.25, 0.3) is 0 Å². The number of carbonyl (C=O) groups is 1. The van der Waals surface area contributed by atoms with Crippen LogP contribution in [-0.2, 0) is 10.8 Å². The first-order valence-corrected chi connectivity index (χ1v) is 6.13. The van der Waals surface area contributed by atoms with Gasteiger partial charge in [0, 0.05) is 29.4 Å². The van der Waals surface area contributed by atoms with E-state index in [1.807, 2.05) is 0 Å². The number of hydrogen-bond acceptors (Lipinski definition) is 4. The summed E-state index contributed by atoms with van der Waals surface area (Å²) in [5.41, 5.74) is 5.71. The summed E-state index contributed by atoms with van der Waals surface area (Å²) in [5.74, 6) is 0.447. The van der Waals surface area contributed by atoms with Crippen LogP contribution in [-0.4, -0.2) is 33.7 Å². The summed E-state index contributed by atoms with van der Waals surface area (Å²) in [4.78, 5) is 15.3. The molecular formula is C9H13N3O2S. The lowest BCUT2D eigenvalue weighted by molar-refractivity contribution is 0.0951. The zero-order valence-corrected chi connectivity index (χ0v) is 9.21. The van der Waals surface area contributed by atoms with Crippen LogP contribution in [0.3, 0.4) is 0 Å².